The van der Waals surface area contributed by atoms with E-state index in [0.29, 0.717) is 6.61 Å². The van der Waals surface area contributed by atoms with Crippen LogP contribution in [0.5, 0.6) is 5.75 Å². The first kappa shape index (κ1) is 13.9. The van der Waals surface area contributed by atoms with Crippen LogP contribution in [-0.2, 0) is 0 Å². The van der Waals surface area contributed by atoms with Crippen molar-refractivity contribution in [3.8, 4) is 5.75 Å². The zero-order valence-corrected chi connectivity index (χ0v) is 11.8. The largest absolute Gasteiger partial charge is 0.493 e. The molecule has 1 aromatic rings. The van der Waals surface area contributed by atoms with Crippen LogP contribution in [0.1, 0.15) is 24.4 Å². The Morgan fingerprint density at radius 1 is 1.29 bits per heavy atom. The summed E-state index contributed by atoms with van der Waals surface area (Å²) in [6.07, 6.45) is 5.42. The number of rotatable bonds is 3. The molecule has 2 amide bonds. The minimum absolute atomic E-state index is 0.00256. The summed E-state index contributed by atoms with van der Waals surface area (Å²) in [6.45, 7) is 0.738. The molecule has 3 atom stereocenters. The molecule has 5 heteroatoms. The molecular weight excluding hydrogens is 268 g/mol. The van der Waals surface area contributed by atoms with Gasteiger partial charge in [0.1, 0.15) is 5.75 Å². The molecule has 0 bridgehead atoms. The van der Waals surface area contributed by atoms with Crippen molar-refractivity contribution in [3.63, 3.8) is 0 Å². The molecule has 3 rings (SSSR count). The fraction of sp³-hybridized carbons (Fsp3) is 0.438. The molecule has 1 unspecified atom stereocenters. The minimum atomic E-state index is -0.176. The van der Waals surface area contributed by atoms with Gasteiger partial charge in [-0.2, -0.15) is 0 Å². The Kier molecular flexibility index (Phi) is 4.10. The topological polar surface area (TPSA) is 70.6 Å². The van der Waals surface area contributed by atoms with Crippen molar-refractivity contribution >= 4 is 6.03 Å². The van der Waals surface area contributed by atoms with E-state index in [0.717, 1.165) is 24.2 Å². The van der Waals surface area contributed by atoms with Gasteiger partial charge in [-0.1, -0.05) is 30.4 Å². The van der Waals surface area contributed by atoms with Gasteiger partial charge in [0.15, 0.2) is 0 Å². The highest BCUT2D eigenvalue weighted by molar-refractivity contribution is 5.75. The van der Waals surface area contributed by atoms with E-state index < -0.39 is 0 Å². The van der Waals surface area contributed by atoms with E-state index in [1.807, 2.05) is 36.4 Å². The number of ether oxygens (including phenoxy) is 1. The molecule has 0 fully saturated rings. The molecule has 1 aliphatic heterocycles. The summed E-state index contributed by atoms with van der Waals surface area (Å²) in [5.74, 6) is 0.995. The summed E-state index contributed by atoms with van der Waals surface area (Å²) in [6, 6.07) is 7.59. The summed E-state index contributed by atoms with van der Waals surface area (Å²) in [5.41, 5.74) is 1.02. The van der Waals surface area contributed by atoms with E-state index in [1.54, 1.807) is 0 Å². The zero-order chi connectivity index (χ0) is 14.7. The van der Waals surface area contributed by atoms with Gasteiger partial charge < -0.3 is 20.5 Å². The van der Waals surface area contributed by atoms with Gasteiger partial charge in [-0.15, -0.1) is 0 Å². The van der Waals surface area contributed by atoms with Crippen molar-refractivity contribution in [1.82, 2.24) is 10.6 Å². The van der Waals surface area contributed by atoms with Gasteiger partial charge in [0.05, 0.1) is 12.6 Å². The lowest BCUT2D eigenvalue weighted by molar-refractivity contribution is 0.218. The first-order valence-corrected chi connectivity index (χ1v) is 7.34. The van der Waals surface area contributed by atoms with Crippen LogP contribution in [0.2, 0.25) is 0 Å². The zero-order valence-electron chi connectivity index (χ0n) is 11.8. The summed E-state index contributed by atoms with van der Waals surface area (Å²) in [4.78, 5) is 12.1. The number of carbonyl (C=O) groups is 1. The highest BCUT2D eigenvalue weighted by Gasteiger charge is 2.24. The van der Waals surface area contributed by atoms with Crippen molar-refractivity contribution in [2.75, 3.05) is 13.2 Å². The van der Waals surface area contributed by atoms with Gasteiger partial charge in [-0.05, 0) is 12.5 Å². The number of amides is 2. The Bertz CT molecular complexity index is 544. The lowest BCUT2D eigenvalue weighted by Gasteiger charge is -2.27. The number of urea groups is 1. The number of aliphatic hydroxyl groups excluding tert-OH is 1. The molecule has 5 nitrogen and oxygen atoms in total. The predicted molar refractivity (Wildman–Crippen MR) is 79.1 cm³/mol. The van der Waals surface area contributed by atoms with Crippen molar-refractivity contribution in [2.24, 2.45) is 5.92 Å². The van der Waals surface area contributed by atoms with Gasteiger partial charge in [-0.3, -0.25) is 0 Å². The van der Waals surface area contributed by atoms with E-state index in [-0.39, 0.29) is 30.6 Å². The van der Waals surface area contributed by atoms with Crippen LogP contribution >= 0.6 is 0 Å². The first-order valence-electron chi connectivity index (χ1n) is 7.34. The highest BCUT2D eigenvalue weighted by Crippen LogP contribution is 2.31. The summed E-state index contributed by atoms with van der Waals surface area (Å²) in [5, 5.41) is 15.0. The third kappa shape index (κ3) is 3.19. The van der Waals surface area contributed by atoms with E-state index in [9.17, 15) is 4.79 Å². The number of fused-ring (bicyclic) bond motifs is 1. The Hall–Kier alpha value is -2.01. The molecule has 1 aliphatic carbocycles. The smallest absolute Gasteiger partial charge is 0.315 e. The van der Waals surface area contributed by atoms with Crippen molar-refractivity contribution in [2.45, 2.75) is 24.9 Å². The van der Waals surface area contributed by atoms with Gasteiger partial charge >= 0.3 is 6.03 Å². The summed E-state index contributed by atoms with van der Waals surface area (Å²) in [7, 11) is 0. The first-order chi connectivity index (χ1) is 10.3. The second kappa shape index (κ2) is 6.18. The molecule has 2 aliphatic rings. The third-order valence-corrected chi connectivity index (χ3v) is 3.99. The molecule has 0 saturated carbocycles. The molecule has 1 heterocycles. The van der Waals surface area contributed by atoms with Gasteiger partial charge in [-0.25, -0.2) is 4.79 Å². The SMILES string of the molecule is O=C(NC1CCOc2ccccc21)N[C@@H]1C=C[C@H](CO)C1. The number of para-hydroxylation sites is 1. The molecule has 112 valence electrons. The van der Waals surface area contributed by atoms with Gasteiger partial charge in [0, 0.05) is 30.6 Å². The van der Waals surface area contributed by atoms with Crippen molar-refractivity contribution in [3.05, 3.63) is 42.0 Å². The van der Waals surface area contributed by atoms with Crippen LogP contribution < -0.4 is 15.4 Å². The number of carbonyl (C=O) groups excluding carboxylic acids is 1. The van der Waals surface area contributed by atoms with Crippen LogP contribution in [0.4, 0.5) is 4.79 Å². The molecule has 3 N–H and O–H groups in total. The Labute approximate surface area is 124 Å². The molecule has 1 aromatic carbocycles. The number of benzene rings is 1. The number of nitrogens with one attached hydrogen (secondary N) is 2. The predicted octanol–water partition coefficient (Wildman–Crippen LogP) is 1.75. The second-order valence-corrected chi connectivity index (χ2v) is 5.52. The monoisotopic (exact) mass is 288 g/mol. The summed E-state index contributed by atoms with van der Waals surface area (Å²) >= 11 is 0. The van der Waals surface area contributed by atoms with E-state index >= 15 is 0 Å². The maximum atomic E-state index is 12.1. The Morgan fingerprint density at radius 2 is 2.14 bits per heavy atom. The molecule has 0 radical (unpaired) electrons. The van der Waals surface area contributed by atoms with Crippen LogP contribution in [0, 0.1) is 5.92 Å². The number of hydrogen-bond acceptors (Lipinski definition) is 3. The quantitative estimate of drug-likeness (QED) is 0.742. The van der Waals surface area contributed by atoms with Crippen LogP contribution in [0.25, 0.3) is 0 Å². The van der Waals surface area contributed by atoms with Crippen molar-refractivity contribution in [1.29, 1.82) is 0 Å². The van der Waals surface area contributed by atoms with Gasteiger partial charge in [0.2, 0.25) is 0 Å². The maximum Gasteiger partial charge on any atom is 0.315 e. The van der Waals surface area contributed by atoms with Crippen LogP contribution in [0.3, 0.4) is 0 Å². The van der Waals surface area contributed by atoms with E-state index in [4.69, 9.17) is 9.84 Å². The third-order valence-electron chi connectivity index (χ3n) is 3.99. The fourth-order valence-corrected chi connectivity index (χ4v) is 2.88. The molecule has 0 aromatic heterocycles. The fourth-order valence-electron chi connectivity index (χ4n) is 2.88. The Morgan fingerprint density at radius 3 is 2.95 bits per heavy atom. The number of hydrogen-bond donors (Lipinski definition) is 3. The van der Waals surface area contributed by atoms with Crippen LogP contribution in [-0.4, -0.2) is 30.4 Å². The molecule has 21 heavy (non-hydrogen) atoms. The normalized spacial score (nSPS) is 26.8. The molecule has 0 spiro atoms. The summed E-state index contributed by atoms with van der Waals surface area (Å²) < 4.78 is 5.59. The lowest BCUT2D eigenvalue weighted by Crippen LogP contribution is -2.43. The lowest BCUT2D eigenvalue weighted by atomic mass is 10.0. The van der Waals surface area contributed by atoms with Crippen molar-refractivity contribution < 1.29 is 14.6 Å². The second-order valence-electron chi connectivity index (χ2n) is 5.52. The van der Waals surface area contributed by atoms with Gasteiger partial charge in [0.25, 0.3) is 0 Å². The number of aliphatic hydroxyl groups is 1. The Balaban J connectivity index is 1.58. The van der Waals surface area contributed by atoms with E-state index in [1.165, 1.54) is 0 Å². The molecular formula is C16H20N2O3. The minimum Gasteiger partial charge on any atom is -0.493 e. The van der Waals surface area contributed by atoms with E-state index in [2.05, 4.69) is 10.6 Å². The molecule has 0 saturated heterocycles. The average Bonchev–Trinajstić information content (AvgIpc) is 2.95. The maximum absolute atomic E-state index is 12.1. The standard InChI is InChI=1S/C16H20N2O3/c19-10-11-5-6-12(9-11)17-16(20)18-14-7-8-21-15-4-2-1-3-13(14)15/h1-6,11-12,14,19H,7-10H2,(H2,17,18,20)/t11-,12+,14?/m0/s1. The highest BCUT2D eigenvalue weighted by atomic mass is 16.5. The van der Waals surface area contributed by atoms with Crippen LogP contribution in [0.15, 0.2) is 36.4 Å². The average molecular weight is 288 g/mol.